The molecule has 2 fully saturated rings. The van der Waals surface area contributed by atoms with Gasteiger partial charge in [-0.2, -0.15) is 10.1 Å². The molecule has 2 aliphatic carbocycles. The molecule has 4 heterocycles. The number of nitrogens with one attached hydrogen (secondary N) is 2. The molecule has 0 aromatic carbocycles. The third kappa shape index (κ3) is 4.12. The first-order valence-corrected chi connectivity index (χ1v) is 11.1. The van der Waals surface area contributed by atoms with Gasteiger partial charge in [0.25, 0.3) is 0 Å². The Hall–Kier alpha value is -3.21. The number of aromatic nitrogens is 6. The fourth-order valence-corrected chi connectivity index (χ4v) is 4.60. The molecule has 0 saturated heterocycles. The zero-order valence-electron chi connectivity index (χ0n) is 17.6. The summed E-state index contributed by atoms with van der Waals surface area (Å²) in [6.45, 7) is 0. The monoisotopic (exact) mass is 457 g/mol. The Morgan fingerprint density at radius 2 is 1.88 bits per heavy atom. The van der Waals surface area contributed by atoms with Gasteiger partial charge in [-0.3, -0.25) is 4.74 Å². The number of fused-ring (bicyclic) bond motifs is 2. The maximum absolute atomic E-state index is 12.4. The molecule has 33 heavy (non-hydrogen) atoms. The molecule has 0 spiro atoms. The number of hydrogen-bond donors (Lipinski definition) is 2. The van der Waals surface area contributed by atoms with Crippen molar-refractivity contribution in [2.75, 3.05) is 5.32 Å². The first kappa shape index (κ1) is 20.4. The molecule has 4 aromatic rings. The normalized spacial score (nSPS) is 21.7. The van der Waals surface area contributed by atoms with Gasteiger partial charge in [0.05, 0.1) is 18.0 Å². The zero-order chi connectivity index (χ0) is 22.6. The summed E-state index contributed by atoms with van der Waals surface area (Å²) in [5.41, 5.74) is 4.48. The van der Waals surface area contributed by atoms with Crippen LogP contribution in [0.25, 0.3) is 27.9 Å². The zero-order valence-corrected chi connectivity index (χ0v) is 17.6. The van der Waals surface area contributed by atoms with E-state index in [1.165, 1.54) is 18.4 Å². The molecule has 0 amide bonds. The molecule has 0 radical (unpaired) electrons. The van der Waals surface area contributed by atoms with Crippen molar-refractivity contribution in [3.63, 3.8) is 0 Å². The molecule has 0 atom stereocenters. The predicted molar refractivity (Wildman–Crippen MR) is 115 cm³/mol. The number of halogens is 3. The minimum absolute atomic E-state index is 0.0109. The van der Waals surface area contributed by atoms with Gasteiger partial charge in [-0.1, -0.05) is 0 Å². The third-order valence-corrected chi connectivity index (χ3v) is 6.43. The van der Waals surface area contributed by atoms with Gasteiger partial charge in [0.2, 0.25) is 5.95 Å². The van der Waals surface area contributed by atoms with Gasteiger partial charge in [-0.05, 0) is 50.5 Å². The van der Waals surface area contributed by atoms with Gasteiger partial charge in [0.15, 0.2) is 5.65 Å². The van der Waals surface area contributed by atoms with Crippen LogP contribution in [-0.4, -0.2) is 48.1 Å². The largest absolute Gasteiger partial charge is 0.522 e. The quantitative estimate of drug-likeness (QED) is 0.447. The number of rotatable bonds is 5. The highest BCUT2D eigenvalue weighted by molar-refractivity contribution is 5.92. The van der Waals surface area contributed by atoms with Crippen LogP contribution in [0.5, 0.6) is 0 Å². The smallest absolute Gasteiger partial charge is 0.351 e. The van der Waals surface area contributed by atoms with Crippen LogP contribution in [0.2, 0.25) is 0 Å². The van der Waals surface area contributed by atoms with E-state index in [1.807, 2.05) is 24.7 Å². The van der Waals surface area contributed by atoms with Gasteiger partial charge < -0.3 is 10.3 Å². The van der Waals surface area contributed by atoms with E-state index in [0.717, 1.165) is 22.3 Å². The molecular formula is C22H22F3N7O. The summed E-state index contributed by atoms with van der Waals surface area (Å²) in [5, 5.41) is 8.50. The van der Waals surface area contributed by atoms with Crippen LogP contribution in [0.1, 0.15) is 50.0 Å². The lowest BCUT2D eigenvalue weighted by Crippen LogP contribution is -2.33. The van der Waals surface area contributed by atoms with Crippen LogP contribution in [0.4, 0.5) is 19.1 Å². The molecule has 2 N–H and O–H groups in total. The molecule has 4 aromatic heterocycles. The molecule has 2 aliphatic rings. The molecule has 8 nitrogen and oxygen atoms in total. The van der Waals surface area contributed by atoms with E-state index in [-0.39, 0.29) is 6.04 Å². The summed E-state index contributed by atoms with van der Waals surface area (Å²) < 4.78 is 43.2. The van der Waals surface area contributed by atoms with Crippen LogP contribution >= 0.6 is 0 Å². The second-order valence-corrected chi connectivity index (χ2v) is 8.79. The van der Waals surface area contributed by atoms with E-state index in [1.54, 1.807) is 10.7 Å². The van der Waals surface area contributed by atoms with Crippen molar-refractivity contribution in [2.45, 2.75) is 63.0 Å². The summed E-state index contributed by atoms with van der Waals surface area (Å²) in [6, 6.07) is 1.93. The van der Waals surface area contributed by atoms with Crippen molar-refractivity contribution >= 4 is 22.6 Å². The minimum atomic E-state index is -4.58. The molecule has 172 valence electrons. The van der Waals surface area contributed by atoms with E-state index < -0.39 is 12.5 Å². The van der Waals surface area contributed by atoms with E-state index >= 15 is 0 Å². The van der Waals surface area contributed by atoms with Crippen molar-refractivity contribution in [3.05, 3.63) is 36.4 Å². The Morgan fingerprint density at radius 1 is 1.06 bits per heavy atom. The van der Waals surface area contributed by atoms with Crippen LogP contribution < -0.4 is 5.32 Å². The van der Waals surface area contributed by atoms with Gasteiger partial charge in [0.1, 0.15) is 5.65 Å². The van der Waals surface area contributed by atoms with E-state index in [4.69, 9.17) is 4.98 Å². The number of nitrogens with zero attached hydrogens (tertiary/aromatic N) is 5. The Balaban J connectivity index is 1.19. The van der Waals surface area contributed by atoms with Crippen molar-refractivity contribution in [3.8, 4) is 11.3 Å². The maximum atomic E-state index is 12.4. The summed E-state index contributed by atoms with van der Waals surface area (Å²) in [5.74, 6) is 1.01. The summed E-state index contributed by atoms with van der Waals surface area (Å²) in [7, 11) is 0. The third-order valence-electron chi connectivity index (χ3n) is 6.43. The highest BCUT2D eigenvalue weighted by Gasteiger charge is 2.35. The number of anilines is 1. The first-order chi connectivity index (χ1) is 15.9. The van der Waals surface area contributed by atoms with Crippen LogP contribution in [0, 0.1) is 0 Å². The Kier molecular flexibility index (Phi) is 4.75. The average Bonchev–Trinajstić information content (AvgIpc) is 3.40. The van der Waals surface area contributed by atoms with Gasteiger partial charge in [-0.25, -0.2) is 14.5 Å². The van der Waals surface area contributed by atoms with Crippen LogP contribution in [0.15, 0.2) is 30.9 Å². The fourth-order valence-electron chi connectivity index (χ4n) is 4.60. The van der Waals surface area contributed by atoms with Crippen molar-refractivity contribution in [2.24, 2.45) is 0 Å². The number of aromatic amines is 1. The van der Waals surface area contributed by atoms with Crippen LogP contribution in [-0.2, 0) is 4.74 Å². The maximum Gasteiger partial charge on any atom is 0.522 e. The van der Waals surface area contributed by atoms with Crippen molar-refractivity contribution in [1.29, 1.82) is 0 Å². The number of ether oxygens (including phenoxy) is 1. The summed E-state index contributed by atoms with van der Waals surface area (Å²) in [6.07, 6.45) is 6.26. The number of hydrogen-bond acceptors (Lipinski definition) is 6. The Bertz CT molecular complexity index is 1300. The van der Waals surface area contributed by atoms with Gasteiger partial charge in [-0.15, -0.1) is 13.2 Å². The van der Waals surface area contributed by atoms with Crippen molar-refractivity contribution in [1.82, 2.24) is 29.5 Å². The predicted octanol–water partition coefficient (Wildman–Crippen LogP) is 4.80. The molecule has 0 unspecified atom stereocenters. The first-order valence-electron chi connectivity index (χ1n) is 11.1. The molecule has 6 rings (SSSR count). The molecule has 2 saturated carbocycles. The lowest BCUT2D eigenvalue weighted by Gasteiger charge is -2.29. The number of H-pyrrole nitrogens is 1. The Labute approximate surface area is 186 Å². The summed E-state index contributed by atoms with van der Waals surface area (Å²) >= 11 is 0. The molecule has 0 aliphatic heterocycles. The van der Waals surface area contributed by atoms with Gasteiger partial charge in [0, 0.05) is 41.1 Å². The highest BCUT2D eigenvalue weighted by atomic mass is 19.4. The molecule has 0 bridgehead atoms. The van der Waals surface area contributed by atoms with E-state index in [2.05, 4.69) is 30.1 Å². The fraction of sp³-hybridized carbons (Fsp3) is 0.455. The molecule has 11 heteroatoms. The average molecular weight is 457 g/mol. The molecular weight excluding hydrogens is 435 g/mol. The lowest BCUT2D eigenvalue weighted by atomic mass is 9.93. The number of alkyl halides is 3. The minimum Gasteiger partial charge on any atom is -0.351 e. The lowest BCUT2D eigenvalue weighted by molar-refractivity contribution is -0.345. The van der Waals surface area contributed by atoms with E-state index in [0.29, 0.717) is 43.2 Å². The SMILES string of the molecule is FC(F)(F)OC1CCC(Nc2ncc3c(-c4ccn5ncc(C6CC6)c5n4)c[nH]c3n2)CC1. The van der Waals surface area contributed by atoms with Crippen molar-refractivity contribution < 1.29 is 17.9 Å². The van der Waals surface area contributed by atoms with Crippen LogP contribution in [0.3, 0.4) is 0 Å². The summed E-state index contributed by atoms with van der Waals surface area (Å²) in [4.78, 5) is 17.1. The second kappa shape index (κ2) is 7.68. The standard InChI is InChI=1S/C22H22F3N7O/c23-22(24,25)33-14-5-3-13(4-6-14)29-21-27-10-17-16(9-26-19(17)31-21)18-7-8-32-20(30-18)15(11-28-32)12-1-2-12/h7-14H,1-6H2,(H2,26,27,29,31). The topological polar surface area (TPSA) is 93.0 Å². The second-order valence-electron chi connectivity index (χ2n) is 8.79. The van der Waals surface area contributed by atoms with E-state index in [9.17, 15) is 13.2 Å². The Morgan fingerprint density at radius 3 is 2.64 bits per heavy atom. The highest BCUT2D eigenvalue weighted by Crippen LogP contribution is 2.41. The van der Waals surface area contributed by atoms with Gasteiger partial charge >= 0.3 is 6.36 Å².